The number of ether oxygens (including phenoxy) is 2. The quantitative estimate of drug-likeness (QED) is 0.0388. The summed E-state index contributed by atoms with van der Waals surface area (Å²) < 4.78 is 26.2. The molecular formula is C55H109NO5Si2. The molecule has 0 aromatic heterocycles. The molecule has 0 saturated heterocycles. The molecule has 6 nitrogen and oxygen atoms in total. The van der Waals surface area contributed by atoms with Crippen molar-refractivity contribution in [2.75, 3.05) is 40.0 Å². The summed E-state index contributed by atoms with van der Waals surface area (Å²) in [5.41, 5.74) is 1.11. The van der Waals surface area contributed by atoms with Gasteiger partial charge in [-0.1, -0.05) is 112 Å². The lowest BCUT2D eigenvalue weighted by atomic mass is 9.44. The third kappa shape index (κ3) is 17.9. The van der Waals surface area contributed by atoms with E-state index in [1.54, 1.807) is 0 Å². The number of nitrogens with zero attached hydrogens (tertiary/aromatic N) is 1. The minimum absolute atomic E-state index is 0.131. The van der Waals surface area contributed by atoms with Crippen molar-refractivity contribution in [3.63, 3.8) is 0 Å². The van der Waals surface area contributed by atoms with E-state index >= 15 is 0 Å². The molecule has 0 bridgehead atoms. The highest BCUT2D eigenvalue weighted by Crippen LogP contribution is 2.68. The first-order chi connectivity index (χ1) is 30.2. The molecule has 0 spiro atoms. The second-order valence-electron chi connectivity index (χ2n) is 23.7. The molecular weight excluding hydrogens is 811 g/mol. The Morgan fingerprint density at radius 3 is 1.98 bits per heavy atom. The summed E-state index contributed by atoms with van der Waals surface area (Å²) in [6, 6.07) is 1.23. The van der Waals surface area contributed by atoms with Gasteiger partial charge in [-0.3, -0.25) is 0 Å². The van der Waals surface area contributed by atoms with Gasteiger partial charge in [0, 0.05) is 20.3 Å². The van der Waals surface area contributed by atoms with Crippen LogP contribution in [0, 0.1) is 46.3 Å². The van der Waals surface area contributed by atoms with Gasteiger partial charge >= 0.3 is 8.56 Å². The Balaban J connectivity index is 1.17. The Morgan fingerprint density at radius 1 is 0.651 bits per heavy atom. The molecule has 10 atom stereocenters. The van der Waals surface area contributed by atoms with Gasteiger partial charge < -0.3 is 28.0 Å². The summed E-state index contributed by atoms with van der Waals surface area (Å²) >= 11 is 0. The number of aliphatic hydroxyl groups is 1. The summed E-state index contributed by atoms with van der Waals surface area (Å²) in [5.74, 6) is 5.49. The number of aliphatic hydroxyl groups excluding tert-OH is 1. The maximum absolute atomic E-state index is 9.58. The molecule has 8 heteroatoms. The summed E-state index contributed by atoms with van der Waals surface area (Å²) in [6.45, 7) is 26.7. The molecule has 6 unspecified atom stereocenters. The summed E-state index contributed by atoms with van der Waals surface area (Å²) in [7, 11) is -2.14. The van der Waals surface area contributed by atoms with Gasteiger partial charge in [0.15, 0.2) is 8.32 Å². The Morgan fingerprint density at radius 2 is 1.27 bits per heavy atom. The summed E-state index contributed by atoms with van der Waals surface area (Å²) in [4.78, 5) is 2.74. The Bertz CT molecular complexity index is 1210. The molecule has 4 aliphatic rings. The van der Waals surface area contributed by atoms with E-state index in [0.29, 0.717) is 23.5 Å². The van der Waals surface area contributed by atoms with Crippen molar-refractivity contribution in [1.29, 1.82) is 0 Å². The van der Waals surface area contributed by atoms with Crippen LogP contribution in [0.5, 0.6) is 0 Å². The maximum Gasteiger partial charge on any atom is 0.323 e. The fraction of sp³-hybridized carbons (Fsp3) is 1.00. The Kier molecular flexibility index (Phi) is 25.4. The van der Waals surface area contributed by atoms with Gasteiger partial charge in [-0.05, 0) is 207 Å². The average molecular weight is 921 g/mol. The molecule has 4 aliphatic carbocycles. The minimum Gasteiger partial charge on any atom is -0.436 e. The van der Waals surface area contributed by atoms with E-state index < -0.39 is 16.9 Å². The number of unbranched alkanes of at least 4 members (excludes halogenated alkanes) is 13. The van der Waals surface area contributed by atoms with E-state index in [-0.39, 0.29) is 6.29 Å². The van der Waals surface area contributed by atoms with Gasteiger partial charge in [0.1, 0.15) is 6.29 Å². The van der Waals surface area contributed by atoms with Crippen LogP contribution in [0.15, 0.2) is 0 Å². The van der Waals surface area contributed by atoms with Crippen LogP contribution >= 0.6 is 0 Å². The van der Waals surface area contributed by atoms with E-state index in [9.17, 15) is 5.11 Å². The standard InChI is InChI=1S/C55H109NO5Si2/c1-11-13-15-17-21-27-44-62(7,8)61-63(9,10)60-53(30-22-18-16-14-12-2)59-43-26-20-19-23-39-56(40-24-25-42-57)41-28-29-46(3)50-33-34-51-49-32-31-47-45-48(58-6)35-37-54(47,4)52(49)36-38-55(50,51)5/h46-53,57H,11-45H2,1-10H3/t46-,47?,48-,49?,50?,51?,52?,53?,54+,55-/m1/s1. The lowest BCUT2D eigenvalue weighted by molar-refractivity contribution is -0.133. The number of hydrogen-bond donors (Lipinski definition) is 1. The molecule has 0 radical (unpaired) electrons. The van der Waals surface area contributed by atoms with Gasteiger partial charge in [-0.2, -0.15) is 0 Å². The summed E-state index contributed by atoms with van der Waals surface area (Å²) in [5, 5.41) is 9.58. The van der Waals surface area contributed by atoms with Crippen LogP contribution in [-0.2, 0) is 18.0 Å². The lowest BCUT2D eigenvalue weighted by Gasteiger charge is -2.61. The smallest absolute Gasteiger partial charge is 0.323 e. The zero-order chi connectivity index (χ0) is 45.8. The van der Waals surface area contributed by atoms with Crippen LogP contribution in [0.4, 0.5) is 0 Å². The van der Waals surface area contributed by atoms with Crippen LogP contribution in [0.3, 0.4) is 0 Å². The highest BCUT2D eigenvalue weighted by molar-refractivity contribution is 6.82. The van der Waals surface area contributed by atoms with Crippen molar-refractivity contribution in [2.45, 2.75) is 265 Å². The third-order valence-corrected chi connectivity index (χ3v) is 24.6. The van der Waals surface area contributed by atoms with Crippen molar-refractivity contribution in [3.8, 4) is 0 Å². The third-order valence-electron chi connectivity index (χ3n) is 18.0. The second-order valence-corrected chi connectivity index (χ2v) is 31.6. The Hall–Kier alpha value is 0.194. The van der Waals surface area contributed by atoms with E-state index in [1.165, 1.54) is 180 Å². The van der Waals surface area contributed by atoms with Crippen LogP contribution in [0.1, 0.15) is 221 Å². The topological polar surface area (TPSA) is 60.4 Å². The van der Waals surface area contributed by atoms with Crippen LogP contribution in [-0.4, -0.2) is 79.2 Å². The fourth-order valence-electron chi connectivity index (χ4n) is 14.5. The van der Waals surface area contributed by atoms with Crippen molar-refractivity contribution < 1.29 is 23.1 Å². The molecule has 4 fully saturated rings. The van der Waals surface area contributed by atoms with E-state index in [0.717, 1.165) is 74.3 Å². The highest BCUT2D eigenvalue weighted by atomic mass is 28.4. The fourth-order valence-corrected chi connectivity index (χ4v) is 22.4. The number of methoxy groups -OCH3 is 1. The Labute approximate surface area is 395 Å². The van der Waals surface area contributed by atoms with E-state index in [2.05, 4.69) is 65.7 Å². The van der Waals surface area contributed by atoms with Gasteiger partial charge in [-0.25, -0.2) is 0 Å². The van der Waals surface area contributed by atoms with Crippen molar-refractivity contribution >= 4 is 16.9 Å². The monoisotopic (exact) mass is 920 g/mol. The SMILES string of the molecule is CCCCCCCC[Si](C)(C)O[Si](C)(C)OC(CCCCCCC)OCCCCCCN(CCCCO)CCC[C@@H](C)C1CCC2C3CCC4C[C@H](OC)CC[C@]4(C)C3CC[C@@]21C. The molecule has 0 aromatic carbocycles. The number of rotatable bonds is 35. The van der Waals surface area contributed by atoms with Crippen molar-refractivity contribution in [1.82, 2.24) is 4.90 Å². The van der Waals surface area contributed by atoms with Crippen molar-refractivity contribution in [2.24, 2.45) is 46.3 Å². The molecule has 63 heavy (non-hydrogen) atoms. The first-order valence-corrected chi connectivity index (χ1v) is 34.0. The van der Waals surface area contributed by atoms with E-state index in [1.807, 2.05) is 7.11 Å². The summed E-state index contributed by atoms with van der Waals surface area (Å²) in [6.07, 6.45) is 38.2. The lowest BCUT2D eigenvalue weighted by Crippen LogP contribution is -2.54. The maximum atomic E-state index is 9.58. The average Bonchev–Trinajstić information content (AvgIpc) is 3.60. The predicted octanol–water partition coefficient (Wildman–Crippen LogP) is 15.7. The van der Waals surface area contributed by atoms with Crippen LogP contribution in [0.25, 0.3) is 0 Å². The number of hydrogen-bond acceptors (Lipinski definition) is 6. The molecule has 0 heterocycles. The minimum atomic E-state index is -2.31. The zero-order valence-corrected chi connectivity index (χ0v) is 45.9. The first-order valence-electron chi connectivity index (χ1n) is 28.1. The molecule has 4 saturated carbocycles. The molecule has 0 aromatic rings. The van der Waals surface area contributed by atoms with Gasteiger partial charge in [-0.15, -0.1) is 0 Å². The van der Waals surface area contributed by atoms with Crippen molar-refractivity contribution in [3.05, 3.63) is 0 Å². The van der Waals surface area contributed by atoms with Gasteiger partial charge in [0.2, 0.25) is 0 Å². The van der Waals surface area contributed by atoms with E-state index in [4.69, 9.17) is 18.0 Å². The molecule has 4 rings (SSSR count). The zero-order valence-electron chi connectivity index (χ0n) is 43.9. The van der Waals surface area contributed by atoms with Crippen LogP contribution in [0.2, 0.25) is 32.2 Å². The van der Waals surface area contributed by atoms with Crippen LogP contribution < -0.4 is 0 Å². The van der Waals surface area contributed by atoms with Gasteiger partial charge in [0.05, 0.1) is 6.10 Å². The molecule has 0 aliphatic heterocycles. The highest BCUT2D eigenvalue weighted by Gasteiger charge is 2.60. The molecule has 372 valence electrons. The largest absolute Gasteiger partial charge is 0.436 e. The molecule has 1 N–H and O–H groups in total. The normalized spacial score (nSPS) is 29.7. The number of fused-ring (bicyclic) bond motifs is 5. The second kappa shape index (κ2) is 28.6. The predicted molar refractivity (Wildman–Crippen MR) is 274 cm³/mol. The first kappa shape index (κ1) is 55.8. The van der Waals surface area contributed by atoms with Gasteiger partial charge in [0.25, 0.3) is 0 Å². The molecule has 0 amide bonds.